The number of benzene rings is 2. The molecule has 1 saturated heterocycles. The summed E-state index contributed by atoms with van der Waals surface area (Å²) in [7, 11) is 0. The van der Waals surface area contributed by atoms with Crippen LogP contribution in [-0.2, 0) is 0 Å². The quantitative estimate of drug-likeness (QED) is 0.441. The summed E-state index contributed by atoms with van der Waals surface area (Å²) in [6.07, 6.45) is 2.56. The largest absolute Gasteiger partial charge is 0.492 e. The molecule has 1 fully saturated rings. The number of rotatable bonds is 7. The molecule has 0 aliphatic carbocycles. The maximum absolute atomic E-state index is 12.9. The fourth-order valence-corrected chi connectivity index (χ4v) is 4.77. The molecule has 1 aliphatic heterocycles. The van der Waals surface area contributed by atoms with Crippen LogP contribution < -0.4 is 15.8 Å². The van der Waals surface area contributed by atoms with Gasteiger partial charge < -0.3 is 15.8 Å². The van der Waals surface area contributed by atoms with E-state index in [9.17, 15) is 4.79 Å². The van der Waals surface area contributed by atoms with Crippen LogP contribution in [-0.4, -0.2) is 51.8 Å². The van der Waals surface area contributed by atoms with Crippen LogP contribution in [0.3, 0.4) is 0 Å². The Bertz CT molecular complexity index is 1190. The zero-order valence-corrected chi connectivity index (χ0v) is 18.3. The van der Waals surface area contributed by atoms with E-state index < -0.39 is 0 Å². The Kier molecular flexibility index (Phi) is 5.74. The molecule has 8 nitrogen and oxygen atoms in total. The molecule has 9 heteroatoms. The molecule has 1 aliphatic rings. The van der Waals surface area contributed by atoms with E-state index in [1.54, 1.807) is 0 Å². The van der Waals surface area contributed by atoms with Gasteiger partial charge in [-0.15, -0.1) is 16.4 Å². The lowest BCUT2D eigenvalue weighted by atomic mass is 10.2. The van der Waals surface area contributed by atoms with E-state index in [0.29, 0.717) is 11.5 Å². The first-order valence-electron chi connectivity index (χ1n) is 10.6. The Morgan fingerprint density at radius 2 is 1.91 bits per heavy atom. The van der Waals surface area contributed by atoms with Crippen molar-refractivity contribution >= 4 is 44.9 Å². The van der Waals surface area contributed by atoms with Crippen LogP contribution in [0.4, 0.5) is 17.6 Å². The van der Waals surface area contributed by atoms with Crippen LogP contribution in [0, 0.1) is 0 Å². The van der Waals surface area contributed by atoms with Crippen LogP contribution in [0.15, 0.2) is 54.6 Å². The van der Waals surface area contributed by atoms with Crippen LogP contribution >= 0.6 is 11.3 Å². The van der Waals surface area contributed by atoms with Crippen LogP contribution in [0.1, 0.15) is 22.5 Å². The number of nitrogens with one attached hydrogen (secondary N) is 1. The summed E-state index contributed by atoms with van der Waals surface area (Å²) in [5.74, 6) is 0.815. The molecule has 0 unspecified atom stereocenters. The minimum absolute atomic E-state index is 0.0387. The fourth-order valence-electron chi connectivity index (χ4n) is 3.78. The van der Waals surface area contributed by atoms with E-state index in [4.69, 9.17) is 10.5 Å². The van der Waals surface area contributed by atoms with Crippen LogP contribution in [0.2, 0.25) is 0 Å². The molecule has 0 atom stereocenters. The van der Waals surface area contributed by atoms with E-state index in [0.717, 1.165) is 32.7 Å². The Balaban J connectivity index is 1.22. The van der Waals surface area contributed by atoms with Crippen molar-refractivity contribution in [1.29, 1.82) is 0 Å². The highest BCUT2D eigenvalue weighted by Crippen LogP contribution is 2.27. The first kappa shape index (κ1) is 20.5. The molecule has 3 N–H and O–H groups in total. The molecular formula is C23H24N6O2S. The van der Waals surface area contributed by atoms with Crippen molar-refractivity contribution in [2.24, 2.45) is 0 Å². The highest BCUT2D eigenvalue weighted by atomic mass is 32.1. The summed E-state index contributed by atoms with van der Waals surface area (Å²) in [5.41, 5.74) is 6.75. The summed E-state index contributed by atoms with van der Waals surface area (Å²) in [6, 6.07) is 17.3. The highest BCUT2D eigenvalue weighted by molar-refractivity contribution is 7.20. The monoisotopic (exact) mass is 448 g/mol. The molecule has 0 amide bonds. The number of hydrogen-bond donors (Lipinski definition) is 2. The van der Waals surface area contributed by atoms with Gasteiger partial charge >= 0.3 is 0 Å². The van der Waals surface area contributed by atoms with E-state index in [2.05, 4.69) is 20.3 Å². The Hall–Kier alpha value is -3.43. The number of thiophene rings is 1. The third-order valence-electron chi connectivity index (χ3n) is 5.45. The second-order valence-corrected chi connectivity index (χ2v) is 8.79. The molecule has 0 spiro atoms. The third-order valence-corrected chi connectivity index (χ3v) is 6.55. The summed E-state index contributed by atoms with van der Waals surface area (Å²) >= 11 is 1.41. The van der Waals surface area contributed by atoms with Gasteiger partial charge in [-0.25, -0.2) is 0 Å². The van der Waals surface area contributed by atoms with E-state index in [-0.39, 0.29) is 17.8 Å². The standard InChI is InChI=1S/C23H24N6O2S/c24-22-26-23(27-29(22)21(30)20-15-16-5-1-2-6-19(16)32-20)25-17-7-9-18(10-8-17)31-14-13-28-11-3-4-12-28/h1-2,5-10,15H,3-4,11-14H2,(H3,24,25,26,27). The average molecular weight is 449 g/mol. The smallest absolute Gasteiger partial charge is 0.291 e. The molecule has 3 heterocycles. The number of nitrogens with two attached hydrogens (primary N) is 1. The van der Waals surface area contributed by atoms with Gasteiger partial charge in [-0.05, 0) is 67.7 Å². The van der Waals surface area contributed by atoms with Crippen molar-refractivity contribution in [3.05, 3.63) is 59.5 Å². The first-order valence-corrected chi connectivity index (χ1v) is 11.5. The average Bonchev–Trinajstić information content (AvgIpc) is 3.54. The fraction of sp³-hybridized carbons (Fsp3) is 0.261. The molecule has 4 aromatic rings. The van der Waals surface area contributed by atoms with Crippen molar-refractivity contribution in [2.45, 2.75) is 12.8 Å². The number of fused-ring (bicyclic) bond motifs is 1. The normalized spacial score (nSPS) is 14.1. The number of hydrogen-bond acceptors (Lipinski definition) is 8. The van der Waals surface area contributed by atoms with Crippen LogP contribution in [0.5, 0.6) is 5.75 Å². The number of anilines is 3. The van der Waals surface area contributed by atoms with Crippen LogP contribution in [0.25, 0.3) is 10.1 Å². The summed E-state index contributed by atoms with van der Waals surface area (Å²) in [4.78, 5) is 20.1. The Morgan fingerprint density at radius 1 is 1.12 bits per heavy atom. The second-order valence-electron chi connectivity index (χ2n) is 7.71. The Labute approximate surface area is 189 Å². The SMILES string of the molecule is Nc1nc(Nc2ccc(OCCN3CCCC3)cc2)nn1C(=O)c1cc2ccccc2s1. The first-order chi connectivity index (χ1) is 15.7. The summed E-state index contributed by atoms with van der Waals surface area (Å²) in [6.45, 7) is 3.96. The number of ether oxygens (including phenoxy) is 1. The molecule has 2 aromatic heterocycles. The van der Waals surface area contributed by atoms with Gasteiger partial charge in [0.15, 0.2) is 0 Å². The third kappa shape index (κ3) is 4.44. The number of aromatic nitrogens is 3. The van der Waals surface area contributed by atoms with Gasteiger partial charge in [-0.1, -0.05) is 18.2 Å². The second kappa shape index (κ2) is 8.97. The number of likely N-dealkylation sites (tertiary alicyclic amines) is 1. The number of nitrogens with zero attached hydrogens (tertiary/aromatic N) is 4. The highest BCUT2D eigenvalue weighted by Gasteiger charge is 2.18. The topological polar surface area (TPSA) is 98.3 Å². The van der Waals surface area contributed by atoms with Gasteiger partial charge in [0.25, 0.3) is 5.91 Å². The van der Waals surface area contributed by atoms with Gasteiger partial charge in [0, 0.05) is 16.9 Å². The van der Waals surface area contributed by atoms with E-state index in [1.807, 2.05) is 54.6 Å². The minimum atomic E-state index is -0.300. The lowest BCUT2D eigenvalue weighted by Crippen LogP contribution is -2.25. The Morgan fingerprint density at radius 3 is 2.69 bits per heavy atom. The zero-order valence-electron chi connectivity index (χ0n) is 17.5. The number of carbonyl (C=O) groups is 1. The van der Waals surface area contributed by atoms with Gasteiger partial charge in [0.05, 0.1) is 4.88 Å². The van der Waals surface area contributed by atoms with Crippen molar-refractivity contribution in [1.82, 2.24) is 19.7 Å². The zero-order chi connectivity index (χ0) is 21.9. The molecule has 164 valence electrons. The molecule has 2 aromatic carbocycles. The lowest BCUT2D eigenvalue weighted by Gasteiger charge is -2.15. The predicted octanol–water partition coefficient (Wildman–Crippen LogP) is 3.98. The molecule has 32 heavy (non-hydrogen) atoms. The number of carbonyl (C=O) groups excluding carboxylic acids is 1. The molecule has 0 bridgehead atoms. The number of nitrogen functional groups attached to an aromatic ring is 1. The van der Waals surface area contributed by atoms with Crippen molar-refractivity contribution in [3.63, 3.8) is 0 Å². The molecule has 0 saturated carbocycles. The van der Waals surface area contributed by atoms with Crippen molar-refractivity contribution < 1.29 is 9.53 Å². The van der Waals surface area contributed by atoms with Gasteiger partial charge in [-0.3, -0.25) is 9.69 Å². The van der Waals surface area contributed by atoms with Crippen molar-refractivity contribution in [3.8, 4) is 5.75 Å². The van der Waals surface area contributed by atoms with E-state index >= 15 is 0 Å². The summed E-state index contributed by atoms with van der Waals surface area (Å²) < 4.78 is 8.00. The predicted molar refractivity (Wildman–Crippen MR) is 127 cm³/mol. The maximum Gasteiger partial charge on any atom is 0.291 e. The van der Waals surface area contributed by atoms with Gasteiger partial charge in [0.1, 0.15) is 12.4 Å². The van der Waals surface area contributed by atoms with Gasteiger partial charge in [-0.2, -0.15) is 9.67 Å². The summed E-state index contributed by atoms with van der Waals surface area (Å²) in [5, 5.41) is 8.36. The van der Waals surface area contributed by atoms with E-state index in [1.165, 1.54) is 37.3 Å². The maximum atomic E-state index is 12.9. The minimum Gasteiger partial charge on any atom is -0.492 e. The molecule has 5 rings (SSSR count). The lowest BCUT2D eigenvalue weighted by molar-refractivity contribution is 0.0952. The molecular weight excluding hydrogens is 424 g/mol. The van der Waals surface area contributed by atoms with Crippen molar-refractivity contribution in [2.75, 3.05) is 37.3 Å². The molecule has 0 radical (unpaired) electrons. The van der Waals surface area contributed by atoms with Gasteiger partial charge in [0.2, 0.25) is 11.9 Å².